The SMILES string of the molecule is CCN(C(=O)C(C)=CCCC(C)=CCCC(C)=CCCC(C)=O)C(C)(C)C. The number of nitrogens with zero attached hydrogens (tertiary/aromatic N) is 1. The zero-order valence-corrected chi connectivity index (χ0v) is 18.9. The lowest BCUT2D eigenvalue weighted by molar-refractivity contribution is -0.131. The zero-order chi connectivity index (χ0) is 21.0. The Labute approximate surface area is 167 Å². The predicted octanol–water partition coefficient (Wildman–Crippen LogP) is 6.40. The van der Waals surface area contributed by atoms with Crippen LogP contribution in [0.15, 0.2) is 34.9 Å². The van der Waals surface area contributed by atoms with Crippen LogP contribution < -0.4 is 0 Å². The van der Waals surface area contributed by atoms with Crippen LogP contribution in [0.5, 0.6) is 0 Å². The van der Waals surface area contributed by atoms with Crippen molar-refractivity contribution in [3.8, 4) is 0 Å². The highest BCUT2D eigenvalue weighted by atomic mass is 16.2. The van der Waals surface area contributed by atoms with Crippen LogP contribution in [0.4, 0.5) is 0 Å². The number of ketones is 1. The van der Waals surface area contributed by atoms with Gasteiger partial charge in [-0.15, -0.1) is 0 Å². The molecule has 0 radical (unpaired) electrons. The molecule has 0 aromatic rings. The Kier molecular flexibility index (Phi) is 11.9. The van der Waals surface area contributed by atoms with Crippen LogP contribution in [-0.4, -0.2) is 28.7 Å². The van der Waals surface area contributed by atoms with Crippen molar-refractivity contribution in [2.24, 2.45) is 0 Å². The van der Waals surface area contributed by atoms with Crippen LogP contribution in [0, 0.1) is 0 Å². The van der Waals surface area contributed by atoms with E-state index in [9.17, 15) is 9.59 Å². The van der Waals surface area contributed by atoms with Crippen LogP contribution in [0.2, 0.25) is 0 Å². The van der Waals surface area contributed by atoms with E-state index < -0.39 is 0 Å². The average Bonchev–Trinajstić information content (AvgIpc) is 2.53. The molecule has 0 aliphatic rings. The molecule has 3 nitrogen and oxygen atoms in total. The number of amides is 1. The molecule has 1 amide bonds. The Balaban J connectivity index is 4.42. The summed E-state index contributed by atoms with van der Waals surface area (Å²) in [5.74, 6) is 0.388. The normalized spacial score (nSPS) is 13.7. The summed E-state index contributed by atoms with van der Waals surface area (Å²) in [6, 6.07) is 0. The fraction of sp³-hybridized carbons (Fsp3) is 0.667. The Hall–Kier alpha value is -1.64. The van der Waals surface area contributed by atoms with Gasteiger partial charge in [0.2, 0.25) is 5.91 Å². The summed E-state index contributed by atoms with van der Waals surface area (Å²) in [4.78, 5) is 25.5. The number of allylic oxidation sites excluding steroid dienone is 5. The molecule has 0 N–H and O–H groups in total. The topological polar surface area (TPSA) is 37.4 Å². The molecular weight excluding hydrogens is 334 g/mol. The molecule has 0 fully saturated rings. The van der Waals surface area contributed by atoms with Gasteiger partial charge in [-0.05, 0) is 87.5 Å². The Morgan fingerprint density at radius 1 is 0.778 bits per heavy atom. The lowest BCUT2D eigenvalue weighted by atomic mass is 10.0. The molecule has 0 atom stereocenters. The van der Waals surface area contributed by atoms with Gasteiger partial charge in [-0.2, -0.15) is 0 Å². The number of Topliss-reactive ketones (excluding diaryl/α,β-unsaturated/α-hetero) is 1. The molecule has 0 saturated heterocycles. The first kappa shape index (κ1) is 25.4. The lowest BCUT2D eigenvalue weighted by Crippen LogP contribution is -2.45. The van der Waals surface area contributed by atoms with Crippen molar-refractivity contribution >= 4 is 11.7 Å². The predicted molar refractivity (Wildman–Crippen MR) is 117 cm³/mol. The Morgan fingerprint density at radius 3 is 1.63 bits per heavy atom. The monoisotopic (exact) mass is 375 g/mol. The highest BCUT2D eigenvalue weighted by molar-refractivity contribution is 5.93. The fourth-order valence-corrected chi connectivity index (χ4v) is 3.01. The van der Waals surface area contributed by atoms with E-state index in [1.54, 1.807) is 6.92 Å². The summed E-state index contributed by atoms with van der Waals surface area (Å²) in [6.45, 7) is 16.8. The molecule has 0 unspecified atom stereocenters. The summed E-state index contributed by atoms with van der Waals surface area (Å²) in [7, 11) is 0. The molecule has 0 bridgehead atoms. The van der Waals surface area contributed by atoms with Crippen molar-refractivity contribution in [3.05, 3.63) is 34.9 Å². The molecule has 0 heterocycles. The van der Waals surface area contributed by atoms with Crippen molar-refractivity contribution in [1.82, 2.24) is 4.90 Å². The maximum Gasteiger partial charge on any atom is 0.249 e. The summed E-state index contributed by atoms with van der Waals surface area (Å²) in [5.41, 5.74) is 3.41. The molecule has 0 rings (SSSR count). The maximum atomic E-state index is 12.6. The number of likely N-dealkylation sites (N-methyl/N-ethyl adjacent to an activating group) is 1. The fourth-order valence-electron chi connectivity index (χ4n) is 3.01. The van der Waals surface area contributed by atoms with Gasteiger partial charge < -0.3 is 9.69 Å². The maximum absolute atomic E-state index is 12.6. The van der Waals surface area contributed by atoms with Gasteiger partial charge >= 0.3 is 0 Å². The van der Waals surface area contributed by atoms with E-state index in [1.807, 2.05) is 18.7 Å². The summed E-state index contributed by atoms with van der Waals surface area (Å²) >= 11 is 0. The van der Waals surface area contributed by atoms with Gasteiger partial charge in [0, 0.05) is 24.1 Å². The highest BCUT2D eigenvalue weighted by Crippen LogP contribution is 2.17. The standard InChI is InChI=1S/C24H41NO2/c1-9-25(24(6,7)8)23(27)21(4)17-11-15-19(2)13-10-14-20(3)16-12-18-22(5)26/h13,16-17H,9-12,14-15,18H2,1-8H3. The summed E-state index contributed by atoms with van der Waals surface area (Å²) in [6.07, 6.45) is 12.0. The number of hydrogen-bond acceptors (Lipinski definition) is 2. The largest absolute Gasteiger partial charge is 0.334 e. The molecule has 154 valence electrons. The molecule has 0 aromatic heterocycles. The number of rotatable bonds is 11. The summed E-state index contributed by atoms with van der Waals surface area (Å²) in [5, 5.41) is 0. The van der Waals surface area contributed by atoms with Crippen molar-refractivity contribution in [2.45, 2.75) is 99.5 Å². The van der Waals surface area contributed by atoms with Gasteiger partial charge in [0.05, 0.1) is 0 Å². The molecule has 0 spiro atoms. The highest BCUT2D eigenvalue weighted by Gasteiger charge is 2.25. The van der Waals surface area contributed by atoms with Crippen LogP contribution in [0.25, 0.3) is 0 Å². The van der Waals surface area contributed by atoms with Gasteiger partial charge in [-0.25, -0.2) is 0 Å². The van der Waals surface area contributed by atoms with Crippen LogP contribution >= 0.6 is 0 Å². The minimum absolute atomic E-state index is 0.137. The molecule has 0 saturated carbocycles. The smallest absolute Gasteiger partial charge is 0.249 e. The van der Waals surface area contributed by atoms with E-state index in [2.05, 4.69) is 52.8 Å². The third-order valence-corrected chi connectivity index (χ3v) is 4.72. The first-order valence-corrected chi connectivity index (χ1v) is 10.3. The Morgan fingerprint density at radius 2 is 1.22 bits per heavy atom. The molecule has 0 aliphatic heterocycles. The van der Waals surface area contributed by atoms with Gasteiger partial charge in [-0.3, -0.25) is 4.79 Å². The van der Waals surface area contributed by atoms with Gasteiger partial charge in [0.1, 0.15) is 5.78 Å². The quantitative estimate of drug-likeness (QED) is 0.309. The number of carbonyl (C=O) groups excluding carboxylic acids is 2. The van der Waals surface area contributed by atoms with E-state index >= 15 is 0 Å². The second-order valence-corrected chi connectivity index (χ2v) is 8.53. The summed E-state index contributed by atoms with van der Waals surface area (Å²) < 4.78 is 0. The van der Waals surface area contributed by atoms with Gasteiger partial charge in [0.15, 0.2) is 0 Å². The van der Waals surface area contributed by atoms with E-state index in [0.29, 0.717) is 6.42 Å². The van der Waals surface area contributed by atoms with E-state index in [-0.39, 0.29) is 17.2 Å². The van der Waals surface area contributed by atoms with E-state index in [4.69, 9.17) is 0 Å². The Bertz CT molecular complexity index is 574. The first-order chi connectivity index (χ1) is 12.5. The van der Waals surface area contributed by atoms with Crippen molar-refractivity contribution < 1.29 is 9.59 Å². The van der Waals surface area contributed by atoms with E-state index in [1.165, 1.54) is 11.1 Å². The molecule has 3 heteroatoms. The van der Waals surface area contributed by atoms with Crippen molar-refractivity contribution in [2.75, 3.05) is 6.54 Å². The molecule has 0 aromatic carbocycles. The minimum Gasteiger partial charge on any atom is -0.334 e. The van der Waals surface area contributed by atoms with E-state index in [0.717, 1.165) is 44.2 Å². The van der Waals surface area contributed by atoms with Gasteiger partial charge in [-0.1, -0.05) is 29.4 Å². The number of carbonyl (C=O) groups is 2. The number of hydrogen-bond donors (Lipinski definition) is 0. The third kappa shape index (κ3) is 11.6. The second kappa shape index (κ2) is 12.7. The molecule has 0 aliphatic carbocycles. The molecule has 27 heavy (non-hydrogen) atoms. The third-order valence-electron chi connectivity index (χ3n) is 4.72. The minimum atomic E-state index is -0.146. The van der Waals surface area contributed by atoms with Gasteiger partial charge in [0.25, 0.3) is 0 Å². The van der Waals surface area contributed by atoms with Crippen molar-refractivity contribution in [1.29, 1.82) is 0 Å². The van der Waals surface area contributed by atoms with Crippen molar-refractivity contribution in [3.63, 3.8) is 0 Å². The zero-order valence-electron chi connectivity index (χ0n) is 18.9. The average molecular weight is 376 g/mol. The lowest BCUT2D eigenvalue weighted by Gasteiger charge is -2.35. The van der Waals surface area contributed by atoms with Crippen LogP contribution in [0.3, 0.4) is 0 Å². The van der Waals surface area contributed by atoms with Crippen LogP contribution in [-0.2, 0) is 9.59 Å². The second-order valence-electron chi connectivity index (χ2n) is 8.53. The first-order valence-electron chi connectivity index (χ1n) is 10.3. The molecular formula is C24H41NO2. The van der Waals surface area contributed by atoms with Crippen LogP contribution in [0.1, 0.15) is 93.9 Å².